The van der Waals surface area contributed by atoms with Crippen LogP contribution in [-0.2, 0) is 0 Å². The lowest BCUT2D eigenvalue weighted by Gasteiger charge is -2.07. The lowest BCUT2D eigenvalue weighted by atomic mass is 10.3. The summed E-state index contributed by atoms with van der Waals surface area (Å²) in [4.78, 5) is 5.72. The summed E-state index contributed by atoms with van der Waals surface area (Å²) in [5.74, 6) is 0. The van der Waals surface area contributed by atoms with E-state index in [2.05, 4.69) is 28.7 Å². The molecular formula is C13H13N3S2. The van der Waals surface area contributed by atoms with Gasteiger partial charge in [-0.25, -0.2) is 0 Å². The third kappa shape index (κ3) is 3.21. The fraction of sp³-hybridized carbons (Fsp3) is 0.0769. The molecule has 5 heteroatoms. The number of hydrogen-bond acceptors (Lipinski definition) is 4. The van der Waals surface area contributed by atoms with Crippen LogP contribution in [0.15, 0.2) is 47.5 Å². The quantitative estimate of drug-likeness (QED) is 0.663. The van der Waals surface area contributed by atoms with Crippen LogP contribution in [0, 0.1) is 0 Å². The number of pyridine rings is 1. The van der Waals surface area contributed by atoms with Gasteiger partial charge in [-0.3, -0.25) is 4.98 Å². The first-order valence-electron chi connectivity index (χ1n) is 5.36. The number of nitrogens with two attached hydrogens (primary N) is 1. The van der Waals surface area contributed by atoms with Crippen molar-refractivity contribution in [2.45, 2.75) is 4.90 Å². The molecule has 0 unspecified atom stereocenters. The van der Waals surface area contributed by atoms with Gasteiger partial charge in [0.15, 0.2) is 0 Å². The van der Waals surface area contributed by atoms with Crippen LogP contribution in [0.2, 0.25) is 0 Å². The van der Waals surface area contributed by atoms with Crippen LogP contribution in [0.1, 0.15) is 5.69 Å². The first-order chi connectivity index (χ1) is 8.69. The standard InChI is InChI=1S/C13H13N3S2/c1-18-11-5-2-9(3-6-11)16-10-4-7-12(13(14)17)15-8-10/h2-8,16H,1H3,(H2,14,17). The van der Waals surface area contributed by atoms with Crippen molar-refractivity contribution in [3.05, 3.63) is 48.3 Å². The highest BCUT2D eigenvalue weighted by molar-refractivity contribution is 7.98. The highest BCUT2D eigenvalue weighted by atomic mass is 32.2. The maximum Gasteiger partial charge on any atom is 0.122 e. The molecule has 3 N–H and O–H groups in total. The van der Waals surface area contributed by atoms with Gasteiger partial charge in [0.2, 0.25) is 0 Å². The van der Waals surface area contributed by atoms with Crippen LogP contribution in [0.3, 0.4) is 0 Å². The molecule has 0 saturated heterocycles. The molecule has 1 aromatic heterocycles. The van der Waals surface area contributed by atoms with Gasteiger partial charge in [0, 0.05) is 10.6 Å². The van der Waals surface area contributed by atoms with Gasteiger partial charge in [-0.05, 0) is 42.7 Å². The van der Waals surface area contributed by atoms with E-state index in [0.29, 0.717) is 10.7 Å². The highest BCUT2D eigenvalue weighted by Crippen LogP contribution is 2.20. The smallest absolute Gasteiger partial charge is 0.122 e. The van der Waals surface area contributed by atoms with Crippen LogP contribution >= 0.6 is 24.0 Å². The Kier molecular flexibility index (Phi) is 4.17. The molecule has 0 bridgehead atoms. The van der Waals surface area contributed by atoms with Gasteiger partial charge < -0.3 is 11.1 Å². The summed E-state index contributed by atoms with van der Waals surface area (Å²) >= 11 is 6.58. The Hall–Kier alpha value is -1.59. The topological polar surface area (TPSA) is 50.9 Å². The zero-order chi connectivity index (χ0) is 13.0. The van der Waals surface area contributed by atoms with Crippen molar-refractivity contribution in [3.63, 3.8) is 0 Å². The lowest BCUT2D eigenvalue weighted by molar-refractivity contribution is 1.29. The van der Waals surface area contributed by atoms with Gasteiger partial charge in [0.1, 0.15) is 4.99 Å². The average Bonchev–Trinajstić information content (AvgIpc) is 2.40. The van der Waals surface area contributed by atoms with Crippen molar-refractivity contribution in [1.29, 1.82) is 0 Å². The highest BCUT2D eigenvalue weighted by Gasteiger charge is 1.99. The van der Waals surface area contributed by atoms with Crippen LogP contribution in [0.25, 0.3) is 0 Å². The molecule has 0 saturated carbocycles. The van der Waals surface area contributed by atoms with Gasteiger partial charge in [0.05, 0.1) is 17.6 Å². The summed E-state index contributed by atoms with van der Waals surface area (Å²) in [6.07, 6.45) is 3.78. The molecule has 92 valence electrons. The number of rotatable bonds is 4. The van der Waals surface area contributed by atoms with E-state index in [1.165, 1.54) is 4.90 Å². The SMILES string of the molecule is CSc1ccc(Nc2ccc(C(N)=S)nc2)cc1. The molecule has 0 radical (unpaired) electrons. The van der Waals surface area contributed by atoms with Crippen molar-refractivity contribution < 1.29 is 0 Å². The van der Waals surface area contributed by atoms with E-state index in [-0.39, 0.29) is 0 Å². The molecule has 1 aromatic carbocycles. The Morgan fingerprint density at radius 3 is 2.33 bits per heavy atom. The van der Waals surface area contributed by atoms with Gasteiger partial charge in [-0.2, -0.15) is 0 Å². The minimum absolute atomic E-state index is 0.311. The maximum absolute atomic E-state index is 5.49. The molecule has 2 rings (SSSR count). The largest absolute Gasteiger partial charge is 0.388 e. The number of hydrogen-bond donors (Lipinski definition) is 2. The lowest BCUT2D eigenvalue weighted by Crippen LogP contribution is -2.11. The number of anilines is 2. The van der Waals surface area contributed by atoms with E-state index in [0.717, 1.165) is 11.4 Å². The Morgan fingerprint density at radius 2 is 1.83 bits per heavy atom. The van der Waals surface area contributed by atoms with E-state index in [4.69, 9.17) is 18.0 Å². The van der Waals surface area contributed by atoms with Gasteiger partial charge in [-0.15, -0.1) is 11.8 Å². The van der Waals surface area contributed by atoms with Crippen molar-refractivity contribution in [2.75, 3.05) is 11.6 Å². The Bertz CT molecular complexity index is 535. The van der Waals surface area contributed by atoms with Gasteiger partial charge >= 0.3 is 0 Å². The van der Waals surface area contributed by atoms with E-state index in [9.17, 15) is 0 Å². The summed E-state index contributed by atoms with van der Waals surface area (Å²) in [5.41, 5.74) is 8.06. The molecule has 0 spiro atoms. The molecule has 0 aliphatic carbocycles. The molecule has 0 atom stereocenters. The summed E-state index contributed by atoms with van der Waals surface area (Å²) in [6, 6.07) is 11.9. The van der Waals surface area contributed by atoms with Crippen LogP contribution in [0.5, 0.6) is 0 Å². The molecule has 0 fully saturated rings. The Balaban J connectivity index is 2.10. The minimum Gasteiger partial charge on any atom is -0.388 e. The Morgan fingerprint density at radius 1 is 1.17 bits per heavy atom. The fourth-order valence-corrected chi connectivity index (χ4v) is 1.98. The number of nitrogens with one attached hydrogen (secondary N) is 1. The zero-order valence-corrected chi connectivity index (χ0v) is 11.5. The van der Waals surface area contributed by atoms with Gasteiger partial charge in [-0.1, -0.05) is 12.2 Å². The minimum atomic E-state index is 0.311. The second-order valence-electron chi connectivity index (χ2n) is 3.65. The fourth-order valence-electron chi connectivity index (χ4n) is 1.45. The zero-order valence-electron chi connectivity index (χ0n) is 9.88. The monoisotopic (exact) mass is 275 g/mol. The van der Waals surface area contributed by atoms with Crippen molar-refractivity contribution in [3.8, 4) is 0 Å². The van der Waals surface area contributed by atoms with E-state index >= 15 is 0 Å². The normalized spacial score (nSPS) is 10.1. The molecule has 2 aromatic rings. The molecule has 0 aliphatic heterocycles. The van der Waals surface area contributed by atoms with Crippen molar-refractivity contribution in [2.24, 2.45) is 5.73 Å². The molecule has 0 amide bonds. The maximum atomic E-state index is 5.49. The number of nitrogens with zero attached hydrogens (tertiary/aromatic N) is 1. The molecule has 3 nitrogen and oxygen atoms in total. The van der Waals surface area contributed by atoms with Crippen molar-refractivity contribution in [1.82, 2.24) is 4.98 Å². The van der Waals surface area contributed by atoms with E-state index in [1.807, 2.05) is 18.2 Å². The molecule has 18 heavy (non-hydrogen) atoms. The number of benzene rings is 1. The average molecular weight is 275 g/mol. The van der Waals surface area contributed by atoms with Gasteiger partial charge in [0.25, 0.3) is 0 Å². The summed E-state index contributed by atoms with van der Waals surface area (Å²) in [7, 11) is 0. The number of aromatic nitrogens is 1. The predicted octanol–water partition coefficient (Wildman–Crippen LogP) is 3.18. The molecule has 1 heterocycles. The van der Waals surface area contributed by atoms with Crippen LogP contribution < -0.4 is 11.1 Å². The van der Waals surface area contributed by atoms with E-state index < -0.39 is 0 Å². The first-order valence-corrected chi connectivity index (χ1v) is 6.99. The van der Waals surface area contributed by atoms with Crippen molar-refractivity contribution >= 4 is 40.3 Å². The third-order valence-corrected chi connectivity index (χ3v) is 3.35. The molecule has 0 aliphatic rings. The number of thiocarbonyl (C=S) groups is 1. The summed E-state index contributed by atoms with van der Waals surface area (Å²) in [6.45, 7) is 0. The first kappa shape index (κ1) is 12.9. The third-order valence-electron chi connectivity index (χ3n) is 2.39. The molecular weight excluding hydrogens is 262 g/mol. The summed E-state index contributed by atoms with van der Waals surface area (Å²) < 4.78 is 0. The predicted molar refractivity (Wildman–Crippen MR) is 81.6 cm³/mol. The van der Waals surface area contributed by atoms with Crippen LogP contribution in [-0.4, -0.2) is 16.2 Å². The number of thioether (sulfide) groups is 1. The Labute approximate surface area is 116 Å². The van der Waals surface area contributed by atoms with E-state index in [1.54, 1.807) is 24.0 Å². The summed E-state index contributed by atoms with van der Waals surface area (Å²) in [5, 5.41) is 3.27. The second kappa shape index (κ2) is 5.84. The second-order valence-corrected chi connectivity index (χ2v) is 4.97. The van der Waals surface area contributed by atoms with Crippen LogP contribution in [0.4, 0.5) is 11.4 Å².